The van der Waals surface area contributed by atoms with Gasteiger partial charge in [-0.1, -0.05) is 38.8 Å². The Morgan fingerprint density at radius 2 is 2.00 bits per heavy atom. The van der Waals surface area contributed by atoms with Gasteiger partial charge >= 0.3 is 5.97 Å². The molecule has 0 amide bonds. The third-order valence-corrected chi connectivity index (χ3v) is 9.40. The van der Waals surface area contributed by atoms with E-state index < -0.39 is 6.04 Å². The van der Waals surface area contributed by atoms with Gasteiger partial charge in [-0.25, -0.2) is 0 Å². The Bertz CT molecular complexity index is 626. The van der Waals surface area contributed by atoms with Crippen molar-refractivity contribution in [3.05, 3.63) is 11.6 Å². The minimum atomic E-state index is -0.520. The molecule has 0 spiro atoms. The smallest absolute Gasteiger partial charge is 0.322 e. The summed E-state index contributed by atoms with van der Waals surface area (Å²) >= 11 is 0. The average Bonchev–Trinajstić information content (AvgIpc) is 2.98. The molecule has 4 rings (SSSR count). The van der Waals surface area contributed by atoms with Crippen molar-refractivity contribution < 1.29 is 9.53 Å². The Hall–Kier alpha value is -0.830. The van der Waals surface area contributed by atoms with Gasteiger partial charge in [-0.15, -0.1) is 0 Å². The summed E-state index contributed by atoms with van der Waals surface area (Å²) in [6.45, 7) is 9.24. The second-order valence-corrected chi connectivity index (χ2v) is 10.6. The lowest BCUT2D eigenvalue weighted by Gasteiger charge is -2.58. The first-order valence-corrected chi connectivity index (χ1v) is 11.4. The lowest BCUT2D eigenvalue weighted by Crippen LogP contribution is -2.50. The number of hydrogen-bond donors (Lipinski definition) is 1. The molecule has 0 bridgehead atoms. The van der Waals surface area contributed by atoms with Gasteiger partial charge in [0.15, 0.2) is 0 Å². The molecule has 152 valence electrons. The molecule has 3 fully saturated rings. The predicted octanol–water partition coefficient (Wildman–Crippen LogP) is 5.23. The van der Waals surface area contributed by atoms with Crippen molar-refractivity contribution in [1.82, 2.24) is 0 Å². The van der Waals surface area contributed by atoms with Crippen LogP contribution in [-0.2, 0) is 9.53 Å². The third-order valence-electron chi connectivity index (χ3n) is 9.40. The zero-order valence-electron chi connectivity index (χ0n) is 17.8. The van der Waals surface area contributed by atoms with Crippen LogP contribution < -0.4 is 5.73 Å². The van der Waals surface area contributed by atoms with E-state index in [0.29, 0.717) is 10.8 Å². The Morgan fingerprint density at radius 3 is 2.70 bits per heavy atom. The van der Waals surface area contributed by atoms with Crippen LogP contribution in [0.25, 0.3) is 0 Å². The molecule has 3 heteroatoms. The summed E-state index contributed by atoms with van der Waals surface area (Å²) in [5, 5.41) is 0. The number of nitrogens with two attached hydrogens (primary N) is 1. The van der Waals surface area contributed by atoms with Crippen molar-refractivity contribution >= 4 is 5.97 Å². The van der Waals surface area contributed by atoms with Gasteiger partial charge in [-0.05, 0) is 86.4 Å². The predicted molar refractivity (Wildman–Crippen MR) is 109 cm³/mol. The van der Waals surface area contributed by atoms with Crippen LogP contribution in [0.2, 0.25) is 0 Å². The van der Waals surface area contributed by atoms with Gasteiger partial charge in [-0.2, -0.15) is 0 Å². The number of carbonyl (C=O) groups is 1. The van der Waals surface area contributed by atoms with E-state index in [1.165, 1.54) is 38.5 Å². The van der Waals surface area contributed by atoms with E-state index in [-0.39, 0.29) is 12.1 Å². The van der Waals surface area contributed by atoms with Crippen molar-refractivity contribution in [2.45, 2.75) is 97.6 Å². The summed E-state index contributed by atoms with van der Waals surface area (Å²) in [5.74, 6) is 3.32. The highest BCUT2D eigenvalue weighted by Crippen LogP contribution is 2.66. The van der Waals surface area contributed by atoms with E-state index in [1.807, 2.05) is 0 Å². The van der Waals surface area contributed by atoms with Crippen LogP contribution in [0.15, 0.2) is 11.6 Å². The maximum Gasteiger partial charge on any atom is 0.322 e. The summed E-state index contributed by atoms with van der Waals surface area (Å²) in [5.41, 5.74) is 8.18. The van der Waals surface area contributed by atoms with Crippen LogP contribution in [0.4, 0.5) is 0 Å². The monoisotopic (exact) mass is 373 g/mol. The molecule has 3 nitrogen and oxygen atoms in total. The Labute approximate surface area is 165 Å². The molecular weight excluding hydrogens is 334 g/mol. The molecule has 27 heavy (non-hydrogen) atoms. The van der Waals surface area contributed by atoms with Gasteiger partial charge in [0, 0.05) is 6.42 Å². The fourth-order valence-electron chi connectivity index (χ4n) is 7.78. The van der Waals surface area contributed by atoms with E-state index in [1.54, 1.807) is 12.5 Å². The Morgan fingerprint density at radius 1 is 1.22 bits per heavy atom. The first kappa shape index (κ1) is 19.5. The normalized spacial score (nSPS) is 47.3. The van der Waals surface area contributed by atoms with Gasteiger partial charge < -0.3 is 10.5 Å². The van der Waals surface area contributed by atoms with Crippen molar-refractivity contribution in [2.75, 3.05) is 0 Å². The molecule has 0 aliphatic heterocycles. The van der Waals surface area contributed by atoms with Gasteiger partial charge in [-0.3, -0.25) is 4.79 Å². The minimum absolute atomic E-state index is 0.0317. The molecule has 8 atom stereocenters. The summed E-state index contributed by atoms with van der Waals surface area (Å²) < 4.78 is 5.69. The molecule has 4 aliphatic carbocycles. The molecule has 0 aromatic rings. The number of carbonyl (C=O) groups excluding carboxylic acids is 1. The highest BCUT2D eigenvalue weighted by molar-refractivity contribution is 5.75. The number of allylic oxidation sites excluding steroid dienone is 1. The molecule has 0 unspecified atom stereocenters. The van der Waals surface area contributed by atoms with Crippen LogP contribution >= 0.6 is 0 Å². The molecule has 3 saturated carbocycles. The van der Waals surface area contributed by atoms with E-state index in [4.69, 9.17) is 10.5 Å². The van der Waals surface area contributed by atoms with E-state index in [9.17, 15) is 4.79 Å². The molecule has 4 aliphatic rings. The van der Waals surface area contributed by atoms with Gasteiger partial charge in [0.25, 0.3) is 0 Å². The number of fused-ring (bicyclic) bond motifs is 5. The Balaban J connectivity index is 1.53. The fraction of sp³-hybridized carbons (Fsp3) is 0.875. The van der Waals surface area contributed by atoms with Crippen LogP contribution in [0, 0.1) is 34.5 Å². The van der Waals surface area contributed by atoms with Crippen molar-refractivity contribution in [3.8, 4) is 0 Å². The number of hydrogen-bond acceptors (Lipinski definition) is 3. The molecular formula is C24H39NO2. The van der Waals surface area contributed by atoms with E-state index in [0.717, 1.165) is 42.9 Å². The summed E-state index contributed by atoms with van der Waals surface area (Å²) in [6, 6.07) is -0.520. The van der Waals surface area contributed by atoms with Crippen molar-refractivity contribution in [3.63, 3.8) is 0 Å². The highest BCUT2D eigenvalue weighted by Gasteiger charge is 2.58. The Kier molecular flexibility index (Phi) is 4.98. The number of esters is 1. The zero-order valence-corrected chi connectivity index (χ0v) is 17.8. The maximum absolute atomic E-state index is 11.9. The second-order valence-electron chi connectivity index (χ2n) is 10.6. The van der Waals surface area contributed by atoms with Gasteiger partial charge in [0.1, 0.15) is 12.1 Å². The summed E-state index contributed by atoms with van der Waals surface area (Å²) in [4.78, 5) is 11.9. The molecule has 0 radical (unpaired) electrons. The third kappa shape index (κ3) is 2.99. The molecule has 0 aromatic carbocycles. The number of ether oxygens (including phenoxy) is 1. The molecule has 2 N–H and O–H groups in total. The SMILES string of the molecule is CC[C@H]1CC[C@H]2[C@@H]3CC=C4C[C@@H](OC(=O)[C@H](C)N)CC[C@]4(C)[C@H]3CC[C@]12C. The molecule has 0 saturated heterocycles. The quantitative estimate of drug-likeness (QED) is 0.544. The largest absolute Gasteiger partial charge is 0.461 e. The fourth-order valence-corrected chi connectivity index (χ4v) is 7.78. The van der Waals surface area contributed by atoms with Gasteiger partial charge in [0.05, 0.1) is 0 Å². The van der Waals surface area contributed by atoms with E-state index >= 15 is 0 Å². The standard InChI is InChI=1S/C24H39NO2/c1-5-16-7-9-20-19-8-6-17-14-18(27-22(26)15(2)25)10-12-24(17,4)21(19)11-13-23(16,20)3/h6,15-16,18-21H,5,7-14,25H2,1-4H3/t15-,16-,18-,19-,20-,21-,23+,24-/m0/s1. The van der Waals surface area contributed by atoms with Crippen LogP contribution in [0.3, 0.4) is 0 Å². The highest BCUT2D eigenvalue weighted by atomic mass is 16.5. The summed E-state index contributed by atoms with van der Waals surface area (Å²) in [6.07, 6.45) is 14.0. The summed E-state index contributed by atoms with van der Waals surface area (Å²) in [7, 11) is 0. The first-order chi connectivity index (χ1) is 12.8. The minimum Gasteiger partial charge on any atom is -0.461 e. The number of rotatable bonds is 3. The lowest BCUT2D eigenvalue weighted by molar-refractivity contribution is -0.152. The maximum atomic E-state index is 11.9. The first-order valence-electron chi connectivity index (χ1n) is 11.4. The average molecular weight is 374 g/mol. The van der Waals surface area contributed by atoms with Crippen LogP contribution in [-0.4, -0.2) is 18.1 Å². The second kappa shape index (κ2) is 6.90. The lowest BCUT2D eigenvalue weighted by atomic mass is 9.47. The van der Waals surface area contributed by atoms with Crippen molar-refractivity contribution in [2.24, 2.45) is 40.2 Å². The van der Waals surface area contributed by atoms with Gasteiger partial charge in [0.2, 0.25) is 0 Å². The topological polar surface area (TPSA) is 52.3 Å². The molecule has 0 aromatic heterocycles. The van der Waals surface area contributed by atoms with Crippen LogP contribution in [0.1, 0.15) is 85.5 Å². The van der Waals surface area contributed by atoms with Crippen molar-refractivity contribution in [1.29, 1.82) is 0 Å². The van der Waals surface area contributed by atoms with Crippen LogP contribution in [0.5, 0.6) is 0 Å². The van der Waals surface area contributed by atoms with E-state index in [2.05, 4.69) is 26.8 Å². The molecule has 0 heterocycles. The zero-order chi connectivity index (χ0) is 19.4.